The molecule has 1 aliphatic heterocycles. The van der Waals surface area contributed by atoms with Crippen molar-refractivity contribution in [2.75, 3.05) is 6.61 Å². The molecule has 12 heavy (non-hydrogen) atoms. The Morgan fingerprint density at radius 3 is 2.58 bits per heavy atom. The van der Waals surface area contributed by atoms with Crippen molar-refractivity contribution >= 4 is 5.84 Å². The summed E-state index contributed by atoms with van der Waals surface area (Å²) in [5.41, 5.74) is 5.70. The Hall–Kier alpha value is -0.570. The van der Waals surface area contributed by atoms with Crippen molar-refractivity contribution in [1.29, 1.82) is 0 Å². The summed E-state index contributed by atoms with van der Waals surface area (Å²) in [4.78, 5) is 4.36. The van der Waals surface area contributed by atoms with E-state index in [1.807, 2.05) is 20.8 Å². The van der Waals surface area contributed by atoms with Crippen molar-refractivity contribution < 1.29 is 4.74 Å². The van der Waals surface area contributed by atoms with Gasteiger partial charge in [0, 0.05) is 6.61 Å². The Labute approximate surface area is 74.0 Å². The Balaban J connectivity index is 2.56. The first-order valence-corrected chi connectivity index (χ1v) is 4.46. The van der Waals surface area contributed by atoms with Crippen LogP contribution >= 0.6 is 0 Å². The maximum Gasteiger partial charge on any atom is 0.124 e. The van der Waals surface area contributed by atoms with Crippen LogP contribution in [0.1, 0.15) is 33.6 Å². The highest BCUT2D eigenvalue weighted by atomic mass is 16.5. The Kier molecular flexibility index (Phi) is 2.73. The minimum Gasteiger partial charge on any atom is -0.385 e. The minimum atomic E-state index is -0.0873. The highest BCUT2D eigenvalue weighted by molar-refractivity contribution is 5.85. The summed E-state index contributed by atoms with van der Waals surface area (Å²) in [7, 11) is 0. The molecule has 1 aliphatic rings. The lowest BCUT2D eigenvalue weighted by molar-refractivity contribution is 0.157. The second kappa shape index (κ2) is 3.44. The molecule has 1 unspecified atom stereocenters. The molecule has 1 atom stereocenters. The highest BCUT2D eigenvalue weighted by Crippen LogP contribution is 2.14. The molecule has 0 aromatic heterocycles. The maximum absolute atomic E-state index is 5.79. The molecule has 3 heteroatoms. The van der Waals surface area contributed by atoms with Gasteiger partial charge in [0.1, 0.15) is 11.9 Å². The van der Waals surface area contributed by atoms with Crippen LogP contribution in [0.15, 0.2) is 4.99 Å². The van der Waals surface area contributed by atoms with Crippen LogP contribution in [0, 0.1) is 0 Å². The molecule has 1 fully saturated rings. The van der Waals surface area contributed by atoms with Gasteiger partial charge >= 0.3 is 0 Å². The highest BCUT2D eigenvalue weighted by Gasteiger charge is 2.21. The topological polar surface area (TPSA) is 47.6 Å². The molecule has 0 amide bonds. The first-order valence-electron chi connectivity index (χ1n) is 4.46. The zero-order valence-corrected chi connectivity index (χ0v) is 8.13. The predicted molar refractivity (Wildman–Crippen MR) is 50.3 cm³/mol. The normalized spacial score (nSPS) is 26.2. The van der Waals surface area contributed by atoms with Gasteiger partial charge in [-0.05, 0) is 33.6 Å². The first-order chi connectivity index (χ1) is 5.49. The molecule has 1 rings (SSSR count). The van der Waals surface area contributed by atoms with Crippen LogP contribution in [-0.2, 0) is 4.74 Å². The lowest BCUT2D eigenvalue weighted by atomic mass is 10.1. The van der Waals surface area contributed by atoms with Crippen LogP contribution in [0.25, 0.3) is 0 Å². The number of rotatable bonds is 1. The van der Waals surface area contributed by atoms with Crippen LogP contribution < -0.4 is 5.73 Å². The monoisotopic (exact) mass is 170 g/mol. The van der Waals surface area contributed by atoms with E-state index in [1.54, 1.807) is 0 Å². The largest absolute Gasteiger partial charge is 0.385 e. The lowest BCUT2D eigenvalue weighted by Gasteiger charge is -2.16. The fraction of sp³-hybridized carbons (Fsp3) is 0.889. The fourth-order valence-electron chi connectivity index (χ4n) is 1.27. The molecule has 3 nitrogen and oxygen atoms in total. The average Bonchev–Trinajstić information content (AvgIpc) is 2.32. The van der Waals surface area contributed by atoms with E-state index in [4.69, 9.17) is 10.5 Å². The van der Waals surface area contributed by atoms with Gasteiger partial charge in [-0.2, -0.15) is 0 Å². The molecule has 0 radical (unpaired) electrons. The van der Waals surface area contributed by atoms with Gasteiger partial charge in [0.25, 0.3) is 0 Å². The molecule has 0 aromatic carbocycles. The number of hydrogen-bond acceptors (Lipinski definition) is 2. The molecule has 0 aromatic rings. The van der Waals surface area contributed by atoms with Gasteiger partial charge in [0.05, 0.1) is 5.54 Å². The molecule has 0 spiro atoms. The molecular formula is C9H18N2O. The second-order valence-electron chi connectivity index (χ2n) is 4.21. The molecule has 0 aliphatic carbocycles. The summed E-state index contributed by atoms with van der Waals surface area (Å²) >= 11 is 0. The second-order valence-corrected chi connectivity index (χ2v) is 4.21. The Morgan fingerprint density at radius 2 is 2.17 bits per heavy atom. The molecular weight excluding hydrogens is 152 g/mol. The van der Waals surface area contributed by atoms with Crippen LogP contribution in [0.5, 0.6) is 0 Å². The van der Waals surface area contributed by atoms with Crippen LogP contribution in [0.3, 0.4) is 0 Å². The van der Waals surface area contributed by atoms with E-state index in [2.05, 4.69) is 4.99 Å². The van der Waals surface area contributed by atoms with Crippen LogP contribution in [0.2, 0.25) is 0 Å². The molecule has 1 heterocycles. The van der Waals surface area contributed by atoms with Gasteiger partial charge < -0.3 is 10.5 Å². The van der Waals surface area contributed by atoms with Gasteiger partial charge in [0.15, 0.2) is 0 Å². The fourth-order valence-corrected chi connectivity index (χ4v) is 1.27. The quantitative estimate of drug-likeness (QED) is 0.476. The SMILES string of the molecule is CC(C)(C)N=C(N)C1CCCO1. The summed E-state index contributed by atoms with van der Waals surface area (Å²) in [5, 5.41) is 0. The van der Waals surface area contributed by atoms with Crippen LogP contribution in [0.4, 0.5) is 0 Å². The van der Waals surface area contributed by atoms with E-state index < -0.39 is 0 Å². The predicted octanol–water partition coefficient (Wildman–Crippen LogP) is 1.32. The third-order valence-corrected chi connectivity index (χ3v) is 1.72. The van der Waals surface area contributed by atoms with Crippen molar-refractivity contribution in [3.05, 3.63) is 0 Å². The number of hydrogen-bond donors (Lipinski definition) is 1. The average molecular weight is 170 g/mol. The Bertz CT molecular complexity index is 175. The first kappa shape index (κ1) is 9.52. The number of nitrogens with zero attached hydrogens (tertiary/aromatic N) is 1. The third-order valence-electron chi connectivity index (χ3n) is 1.72. The summed E-state index contributed by atoms with van der Waals surface area (Å²) in [6.07, 6.45) is 2.19. The number of ether oxygens (including phenoxy) is 1. The lowest BCUT2D eigenvalue weighted by Crippen LogP contribution is -2.31. The van der Waals surface area contributed by atoms with E-state index >= 15 is 0 Å². The maximum atomic E-state index is 5.79. The van der Waals surface area contributed by atoms with E-state index in [0.29, 0.717) is 5.84 Å². The number of aliphatic imine (C=N–C) groups is 1. The van der Waals surface area contributed by atoms with E-state index in [1.165, 1.54) is 0 Å². The number of amidine groups is 1. The summed E-state index contributed by atoms with van der Waals surface area (Å²) < 4.78 is 5.40. The molecule has 70 valence electrons. The smallest absolute Gasteiger partial charge is 0.124 e. The van der Waals surface area contributed by atoms with E-state index in [0.717, 1.165) is 19.4 Å². The van der Waals surface area contributed by atoms with Gasteiger partial charge in [-0.1, -0.05) is 0 Å². The summed E-state index contributed by atoms with van der Waals surface area (Å²) in [6, 6.07) is 0. The van der Waals surface area contributed by atoms with Gasteiger partial charge in [0.2, 0.25) is 0 Å². The van der Waals surface area contributed by atoms with Gasteiger partial charge in [-0.3, -0.25) is 4.99 Å². The zero-order valence-electron chi connectivity index (χ0n) is 8.13. The Morgan fingerprint density at radius 1 is 1.50 bits per heavy atom. The molecule has 1 saturated heterocycles. The summed E-state index contributed by atoms with van der Waals surface area (Å²) in [6.45, 7) is 6.93. The molecule has 2 N–H and O–H groups in total. The van der Waals surface area contributed by atoms with Crippen molar-refractivity contribution in [2.45, 2.75) is 45.3 Å². The zero-order chi connectivity index (χ0) is 9.19. The van der Waals surface area contributed by atoms with Crippen molar-refractivity contribution in [2.24, 2.45) is 10.7 Å². The van der Waals surface area contributed by atoms with E-state index in [-0.39, 0.29) is 11.6 Å². The minimum absolute atomic E-state index is 0.0734. The summed E-state index contributed by atoms with van der Waals surface area (Å²) in [5.74, 6) is 0.653. The third kappa shape index (κ3) is 2.81. The van der Waals surface area contributed by atoms with Crippen LogP contribution in [-0.4, -0.2) is 24.1 Å². The number of nitrogens with two attached hydrogens (primary N) is 1. The van der Waals surface area contributed by atoms with Gasteiger partial charge in [-0.15, -0.1) is 0 Å². The molecule has 0 saturated carbocycles. The molecule has 0 bridgehead atoms. The van der Waals surface area contributed by atoms with Crippen molar-refractivity contribution in [3.8, 4) is 0 Å². The van der Waals surface area contributed by atoms with Gasteiger partial charge in [-0.25, -0.2) is 0 Å². The standard InChI is InChI=1S/C9H18N2O/c1-9(2,3)11-8(10)7-5-4-6-12-7/h7H,4-6H2,1-3H3,(H2,10,11). The van der Waals surface area contributed by atoms with Crippen molar-refractivity contribution in [3.63, 3.8) is 0 Å². The van der Waals surface area contributed by atoms with E-state index in [9.17, 15) is 0 Å². The van der Waals surface area contributed by atoms with Crippen molar-refractivity contribution in [1.82, 2.24) is 0 Å².